The van der Waals surface area contributed by atoms with Gasteiger partial charge >= 0.3 is 0 Å². The number of likely N-dealkylation sites (N-methyl/N-ethyl adjacent to an activating group) is 1. The highest BCUT2D eigenvalue weighted by atomic mass is 16.5. The first-order valence-electron chi connectivity index (χ1n) is 7.67. The van der Waals surface area contributed by atoms with E-state index in [1.807, 2.05) is 29.3 Å². The monoisotopic (exact) mass is 307 g/mol. The molecule has 0 bridgehead atoms. The van der Waals surface area contributed by atoms with Gasteiger partial charge in [0.15, 0.2) is 0 Å². The highest BCUT2D eigenvalue weighted by Gasteiger charge is 2.15. The molecule has 0 spiro atoms. The standard InChI is InChI=1S/C16H25N3O3/c1-18-9-11-19(12-10-18)17-16(20)4-3-13-22-15-7-5-14(21-2)6-8-15/h5-8H,3-4,9-13H2,1-2H3,(H,17,20). The maximum Gasteiger partial charge on any atom is 0.234 e. The van der Waals surface area contributed by atoms with Crippen LogP contribution in [0, 0.1) is 0 Å². The summed E-state index contributed by atoms with van der Waals surface area (Å²) in [6.07, 6.45) is 1.17. The Balaban J connectivity index is 1.58. The Labute approximate surface area is 132 Å². The topological polar surface area (TPSA) is 54.0 Å². The molecular formula is C16H25N3O3. The largest absolute Gasteiger partial charge is 0.497 e. The Bertz CT molecular complexity index is 456. The molecule has 0 aliphatic carbocycles. The number of amides is 1. The molecule has 1 N–H and O–H groups in total. The van der Waals surface area contributed by atoms with Crippen molar-refractivity contribution in [1.82, 2.24) is 15.3 Å². The number of nitrogens with zero attached hydrogens (tertiary/aromatic N) is 2. The summed E-state index contributed by atoms with van der Waals surface area (Å²) in [4.78, 5) is 14.1. The molecule has 1 aromatic rings. The van der Waals surface area contributed by atoms with Crippen molar-refractivity contribution in [3.63, 3.8) is 0 Å². The van der Waals surface area contributed by atoms with Crippen molar-refractivity contribution < 1.29 is 14.3 Å². The summed E-state index contributed by atoms with van der Waals surface area (Å²) < 4.78 is 10.7. The molecule has 122 valence electrons. The Morgan fingerprint density at radius 1 is 1.14 bits per heavy atom. The minimum atomic E-state index is 0.0582. The number of piperazine rings is 1. The van der Waals surface area contributed by atoms with Crippen LogP contribution < -0.4 is 14.9 Å². The van der Waals surface area contributed by atoms with E-state index in [-0.39, 0.29) is 5.91 Å². The van der Waals surface area contributed by atoms with Gasteiger partial charge in [-0.1, -0.05) is 0 Å². The van der Waals surface area contributed by atoms with E-state index in [4.69, 9.17) is 9.47 Å². The van der Waals surface area contributed by atoms with Crippen molar-refractivity contribution in [2.45, 2.75) is 12.8 Å². The van der Waals surface area contributed by atoms with Crippen LogP contribution in [0.5, 0.6) is 11.5 Å². The lowest BCUT2D eigenvalue weighted by molar-refractivity contribution is -0.126. The fraction of sp³-hybridized carbons (Fsp3) is 0.562. The van der Waals surface area contributed by atoms with E-state index >= 15 is 0 Å². The van der Waals surface area contributed by atoms with Crippen molar-refractivity contribution in [2.24, 2.45) is 0 Å². The maximum atomic E-state index is 11.8. The molecule has 1 aliphatic rings. The Morgan fingerprint density at radius 3 is 2.41 bits per heavy atom. The molecule has 0 saturated carbocycles. The number of benzene rings is 1. The highest BCUT2D eigenvalue weighted by molar-refractivity contribution is 5.75. The molecule has 1 aromatic carbocycles. The van der Waals surface area contributed by atoms with E-state index in [0.717, 1.165) is 37.7 Å². The Kier molecular flexibility index (Phi) is 6.48. The maximum absolute atomic E-state index is 11.8. The van der Waals surface area contributed by atoms with Gasteiger partial charge in [0.2, 0.25) is 5.91 Å². The molecule has 1 fully saturated rings. The van der Waals surface area contributed by atoms with E-state index in [9.17, 15) is 4.79 Å². The summed E-state index contributed by atoms with van der Waals surface area (Å²) in [6.45, 7) is 4.26. The van der Waals surface area contributed by atoms with E-state index in [0.29, 0.717) is 19.4 Å². The molecule has 0 aromatic heterocycles. The van der Waals surface area contributed by atoms with Crippen LogP contribution in [-0.4, -0.2) is 62.8 Å². The number of carbonyl (C=O) groups is 1. The van der Waals surface area contributed by atoms with Gasteiger partial charge in [-0.25, -0.2) is 5.01 Å². The molecule has 0 unspecified atom stereocenters. The summed E-state index contributed by atoms with van der Waals surface area (Å²) in [5, 5.41) is 1.99. The average molecular weight is 307 g/mol. The molecule has 1 aliphatic heterocycles. The zero-order valence-electron chi connectivity index (χ0n) is 13.4. The van der Waals surface area contributed by atoms with Crippen molar-refractivity contribution in [3.05, 3.63) is 24.3 Å². The molecule has 1 amide bonds. The normalized spacial score (nSPS) is 16.3. The molecule has 22 heavy (non-hydrogen) atoms. The summed E-state index contributed by atoms with van der Waals surface area (Å²) >= 11 is 0. The van der Waals surface area contributed by atoms with Crippen LogP contribution in [0.1, 0.15) is 12.8 Å². The Morgan fingerprint density at radius 2 is 1.77 bits per heavy atom. The number of hydrogen-bond acceptors (Lipinski definition) is 5. The SMILES string of the molecule is COc1ccc(OCCCC(=O)NN2CCN(C)CC2)cc1. The fourth-order valence-electron chi connectivity index (χ4n) is 2.25. The zero-order valence-corrected chi connectivity index (χ0v) is 13.4. The average Bonchev–Trinajstić information content (AvgIpc) is 2.54. The van der Waals surface area contributed by atoms with Gasteiger partial charge in [-0.3, -0.25) is 10.2 Å². The summed E-state index contributed by atoms with van der Waals surface area (Å²) in [5.74, 6) is 1.65. The van der Waals surface area contributed by atoms with Crippen LogP contribution in [0.2, 0.25) is 0 Å². The number of carbonyl (C=O) groups excluding carboxylic acids is 1. The Hall–Kier alpha value is -1.79. The lowest BCUT2D eigenvalue weighted by Gasteiger charge is -2.32. The van der Waals surface area contributed by atoms with E-state index in [1.54, 1.807) is 7.11 Å². The smallest absolute Gasteiger partial charge is 0.234 e. The van der Waals surface area contributed by atoms with Gasteiger partial charge < -0.3 is 14.4 Å². The zero-order chi connectivity index (χ0) is 15.8. The van der Waals surface area contributed by atoms with Gasteiger partial charge in [0.1, 0.15) is 11.5 Å². The lowest BCUT2D eigenvalue weighted by atomic mass is 10.3. The van der Waals surface area contributed by atoms with E-state index in [2.05, 4.69) is 17.4 Å². The molecule has 0 radical (unpaired) electrons. The van der Waals surface area contributed by atoms with Gasteiger partial charge in [0.05, 0.1) is 13.7 Å². The van der Waals surface area contributed by atoms with Crippen LogP contribution in [0.15, 0.2) is 24.3 Å². The first-order chi connectivity index (χ1) is 10.7. The highest BCUT2D eigenvalue weighted by Crippen LogP contribution is 2.17. The molecule has 6 heteroatoms. The molecule has 6 nitrogen and oxygen atoms in total. The van der Waals surface area contributed by atoms with Crippen molar-refractivity contribution in [3.8, 4) is 11.5 Å². The van der Waals surface area contributed by atoms with Gasteiger partial charge in [0.25, 0.3) is 0 Å². The number of nitrogens with one attached hydrogen (secondary N) is 1. The summed E-state index contributed by atoms with van der Waals surface area (Å²) in [7, 11) is 3.73. The van der Waals surface area contributed by atoms with E-state index in [1.165, 1.54) is 0 Å². The van der Waals surface area contributed by atoms with Crippen molar-refractivity contribution in [2.75, 3.05) is 46.9 Å². The van der Waals surface area contributed by atoms with Crippen LogP contribution in [0.3, 0.4) is 0 Å². The second-order valence-corrected chi connectivity index (χ2v) is 5.45. The van der Waals surface area contributed by atoms with Crippen molar-refractivity contribution >= 4 is 5.91 Å². The number of methoxy groups -OCH3 is 1. The van der Waals surface area contributed by atoms with Crippen LogP contribution in [0.4, 0.5) is 0 Å². The molecule has 2 rings (SSSR count). The van der Waals surface area contributed by atoms with Gasteiger partial charge in [0, 0.05) is 32.6 Å². The van der Waals surface area contributed by atoms with Gasteiger partial charge in [-0.15, -0.1) is 0 Å². The quantitative estimate of drug-likeness (QED) is 0.766. The van der Waals surface area contributed by atoms with Crippen LogP contribution in [0.25, 0.3) is 0 Å². The predicted molar refractivity (Wildman–Crippen MR) is 84.9 cm³/mol. The molecule has 1 heterocycles. The third-order valence-corrected chi connectivity index (χ3v) is 3.66. The first kappa shape index (κ1) is 16.6. The number of hydrogen-bond donors (Lipinski definition) is 1. The minimum absolute atomic E-state index is 0.0582. The number of rotatable bonds is 7. The van der Waals surface area contributed by atoms with Crippen LogP contribution in [-0.2, 0) is 4.79 Å². The third-order valence-electron chi connectivity index (χ3n) is 3.66. The van der Waals surface area contributed by atoms with E-state index < -0.39 is 0 Å². The second kappa shape index (κ2) is 8.60. The van der Waals surface area contributed by atoms with Gasteiger partial charge in [-0.2, -0.15) is 0 Å². The third kappa shape index (κ3) is 5.54. The summed E-state index contributed by atoms with van der Waals surface area (Å²) in [5.41, 5.74) is 2.95. The molecular weight excluding hydrogens is 282 g/mol. The predicted octanol–water partition coefficient (Wildman–Crippen LogP) is 1.13. The van der Waals surface area contributed by atoms with Crippen molar-refractivity contribution in [1.29, 1.82) is 0 Å². The van der Waals surface area contributed by atoms with Gasteiger partial charge in [-0.05, 0) is 37.7 Å². The number of hydrazine groups is 1. The molecule has 0 atom stereocenters. The lowest BCUT2D eigenvalue weighted by Crippen LogP contribution is -2.52. The summed E-state index contributed by atoms with van der Waals surface area (Å²) in [6, 6.07) is 7.44. The first-order valence-corrected chi connectivity index (χ1v) is 7.67. The number of ether oxygens (including phenoxy) is 2. The molecule has 1 saturated heterocycles. The minimum Gasteiger partial charge on any atom is -0.497 e. The fourth-order valence-corrected chi connectivity index (χ4v) is 2.25. The van der Waals surface area contributed by atoms with Crippen LogP contribution >= 0.6 is 0 Å². The second-order valence-electron chi connectivity index (χ2n) is 5.45.